The molecular formula is C16H22N4O2. The van der Waals surface area contributed by atoms with Crippen LogP contribution in [0.2, 0.25) is 0 Å². The predicted octanol–water partition coefficient (Wildman–Crippen LogP) is 2.89. The molecular weight excluding hydrogens is 280 g/mol. The van der Waals surface area contributed by atoms with Crippen LogP contribution in [0.1, 0.15) is 50.6 Å². The van der Waals surface area contributed by atoms with E-state index in [0.717, 1.165) is 18.7 Å². The molecule has 0 aliphatic carbocycles. The number of ether oxygens (including phenoxy) is 1. The molecule has 0 aromatic carbocycles. The zero-order valence-electron chi connectivity index (χ0n) is 13.5. The average molecular weight is 302 g/mol. The van der Waals surface area contributed by atoms with Gasteiger partial charge in [0.15, 0.2) is 0 Å². The Morgan fingerprint density at radius 3 is 2.77 bits per heavy atom. The molecule has 0 spiro atoms. The third-order valence-electron chi connectivity index (χ3n) is 3.97. The molecule has 6 heteroatoms. The van der Waals surface area contributed by atoms with Gasteiger partial charge in [0.1, 0.15) is 0 Å². The Kier molecular flexibility index (Phi) is 3.87. The zero-order valence-corrected chi connectivity index (χ0v) is 13.5. The summed E-state index contributed by atoms with van der Waals surface area (Å²) in [5, 5.41) is 12.4. The van der Waals surface area contributed by atoms with E-state index in [-0.39, 0.29) is 17.4 Å². The fourth-order valence-electron chi connectivity index (χ4n) is 2.86. The maximum Gasteiger partial charge on any atom is 0.240 e. The highest BCUT2D eigenvalue weighted by atomic mass is 16.5. The van der Waals surface area contributed by atoms with Gasteiger partial charge in [-0.3, -0.25) is 4.68 Å². The minimum atomic E-state index is 0.0559. The highest BCUT2D eigenvalue weighted by molar-refractivity contribution is 5.63. The van der Waals surface area contributed by atoms with Crippen LogP contribution in [0.5, 0.6) is 0 Å². The molecule has 1 saturated heterocycles. The first-order chi connectivity index (χ1) is 10.4. The summed E-state index contributed by atoms with van der Waals surface area (Å²) in [6.07, 6.45) is 6.52. The number of nitrogens with zero attached hydrogens (tertiary/aromatic N) is 4. The van der Waals surface area contributed by atoms with Crippen molar-refractivity contribution < 1.29 is 9.15 Å². The molecule has 0 radical (unpaired) electrons. The van der Waals surface area contributed by atoms with E-state index in [9.17, 15) is 0 Å². The van der Waals surface area contributed by atoms with Crippen LogP contribution >= 0.6 is 0 Å². The molecule has 0 amide bonds. The van der Waals surface area contributed by atoms with E-state index < -0.39 is 0 Å². The standard InChI is InChI=1S/C16H22N4O2/c1-16(2,3)14-12(8-10-21-14)15-19-18-13(22-15)6-5-11-7-9-17-20(11)4/h5-7,9,12,14H,8,10H2,1-4H3/b6-5+/t12-,14-/m0/s1. The van der Waals surface area contributed by atoms with Crippen LogP contribution in [0.4, 0.5) is 0 Å². The van der Waals surface area contributed by atoms with Crippen LogP contribution in [0.3, 0.4) is 0 Å². The van der Waals surface area contributed by atoms with Crippen LogP contribution in [0.15, 0.2) is 16.7 Å². The second kappa shape index (κ2) is 5.68. The van der Waals surface area contributed by atoms with Crippen molar-refractivity contribution in [1.82, 2.24) is 20.0 Å². The second-order valence-electron chi connectivity index (χ2n) is 6.74. The van der Waals surface area contributed by atoms with E-state index in [1.165, 1.54) is 0 Å². The lowest BCUT2D eigenvalue weighted by Crippen LogP contribution is -2.30. The van der Waals surface area contributed by atoms with Gasteiger partial charge in [-0.1, -0.05) is 20.8 Å². The third kappa shape index (κ3) is 2.97. The van der Waals surface area contributed by atoms with E-state index in [2.05, 4.69) is 36.1 Å². The van der Waals surface area contributed by atoms with Crippen molar-refractivity contribution >= 4 is 12.2 Å². The topological polar surface area (TPSA) is 66.0 Å². The summed E-state index contributed by atoms with van der Waals surface area (Å²) in [5.74, 6) is 1.35. The first kappa shape index (κ1) is 15.0. The number of hydrogen-bond donors (Lipinski definition) is 0. The van der Waals surface area contributed by atoms with Gasteiger partial charge in [-0.2, -0.15) is 5.10 Å². The lowest BCUT2D eigenvalue weighted by molar-refractivity contribution is 0.0171. The normalized spacial score (nSPS) is 22.7. The fourth-order valence-corrected chi connectivity index (χ4v) is 2.86. The fraction of sp³-hybridized carbons (Fsp3) is 0.562. The van der Waals surface area contributed by atoms with E-state index in [0.29, 0.717) is 11.8 Å². The minimum Gasteiger partial charge on any atom is -0.421 e. The van der Waals surface area contributed by atoms with E-state index in [1.54, 1.807) is 10.9 Å². The second-order valence-corrected chi connectivity index (χ2v) is 6.74. The summed E-state index contributed by atoms with van der Waals surface area (Å²) >= 11 is 0. The summed E-state index contributed by atoms with van der Waals surface area (Å²) in [7, 11) is 1.89. The summed E-state index contributed by atoms with van der Waals surface area (Å²) < 4.78 is 13.5. The molecule has 3 rings (SSSR count). The summed E-state index contributed by atoms with van der Waals surface area (Å²) in [6.45, 7) is 7.27. The number of hydrogen-bond acceptors (Lipinski definition) is 5. The van der Waals surface area contributed by atoms with Gasteiger partial charge in [0, 0.05) is 25.9 Å². The number of rotatable bonds is 3. The third-order valence-corrected chi connectivity index (χ3v) is 3.97. The molecule has 6 nitrogen and oxygen atoms in total. The van der Waals surface area contributed by atoms with Crippen LogP contribution in [-0.4, -0.2) is 32.7 Å². The zero-order chi connectivity index (χ0) is 15.7. The molecule has 1 fully saturated rings. The Morgan fingerprint density at radius 2 is 2.09 bits per heavy atom. The Hall–Kier alpha value is -1.95. The van der Waals surface area contributed by atoms with Crippen molar-refractivity contribution in [2.75, 3.05) is 6.61 Å². The van der Waals surface area contributed by atoms with Gasteiger partial charge < -0.3 is 9.15 Å². The van der Waals surface area contributed by atoms with Crippen LogP contribution in [0, 0.1) is 5.41 Å². The molecule has 2 aromatic rings. The molecule has 1 aliphatic heterocycles. The molecule has 0 bridgehead atoms. The van der Waals surface area contributed by atoms with Crippen LogP contribution in [0.25, 0.3) is 12.2 Å². The van der Waals surface area contributed by atoms with E-state index >= 15 is 0 Å². The molecule has 1 aliphatic rings. The minimum absolute atomic E-state index is 0.0559. The van der Waals surface area contributed by atoms with Crippen LogP contribution < -0.4 is 0 Å². The molecule has 2 atom stereocenters. The molecule has 0 saturated carbocycles. The number of aryl methyl sites for hydroxylation is 1. The van der Waals surface area contributed by atoms with E-state index in [4.69, 9.17) is 9.15 Å². The van der Waals surface area contributed by atoms with E-state index in [1.807, 2.05) is 25.3 Å². The molecule has 2 aromatic heterocycles. The molecule has 0 unspecified atom stereocenters. The van der Waals surface area contributed by atoms with Crippen molar-refractivity contribution in [1.29, 1.82) is 0 Å². The summed E-state index contributed by atoms with van der Waals surface area (Å²) in [4.78, 5) is 0. The monoisotopic (exact) mass is 302 g/mol. The smallest absolute Gasteiger partial charge is 0.240 e. The van der Waals surface area contributed by atoms with Crippen LogP contribution in [-0.2, 0) is 11.8 Å². The average Bonchev–Trinajstić information content (AvgIpc) is 3.15. The quantitative estimate of drug-likeness (QED) is 0.872. The Morgan fingerprint density at radius 1 is 1.27 bits per heavy atom. The van der Waals surface area contributed by atoms with Gasteiger partial charge in [0.25, 0.3) is 0 Å². The van der Waals surface area contributed by atoms with Gasteiger partial charge in [0.05, 0.1) is 17.7 Å². The highest BCUT2D eigenvalue weighted by Crippen LogP contribution is 2.40. The lowest BCUT2D eigenvalue weighted by atomic mass is 9.81. The van der Waals surface area contributed by atoms with Gasteiger partial charge >= 0.3 is 0 Å². The van der Waals surface area contributed by atoms with Gasteiger partial charge in [0.2, 0.25) is 11.8 Å². The Labute approximate surface area is 130 Å². The van der Waals surface area contributed by atoms with Gasteiger partial charge in [-0.05, 0) is 24.0 Å². The Bertz CT molecular complexity index is 666. The first-order valence-corrected chi connectivity index (χ1v) is 7.56. The van der Waals surface area contributed by atoms with Crippen molar-refractivity contribution in [2.45, 2.75) is 39.2 Å². The number of aromatic nitrogens is 4. The highest BCUT2D eigenvalue weighted by Gasteiger charge is 2.40. The Balaban J connectivity index is 1.76. The molecule has 118 valence electrons. The lowest BCUT2D eigenvalue weighted by Gasteiger charge is -2.29. The largest absolute Gasteiger partial charge is 0.421 e. The van der Waals surface area contributed by atoms with Gasteiger partial charge in [-0.15, -0.1) is 10.2 Å². The predicted molar refractivity (Wildman–Crippen MR) is 83.0 cm³/mol. The molecule has 22 heavy (non-hydrogen) atoms. The maximum atomic E-state index is 5.87. The van der Waals surface area contributed by atoms with Gasteiger partial charge in [-0.25, -0.2) is 0 Å². The summed E-state index contributed by atoms with van der Waals surface area (Å²) in [5.41, 5.74) is 1.04. The maximum absolute atomic E-state index is 5.87. The first-order valence-electron chi connectivity index (χ1n) is 7.56. The van der Waals surface area contributed by atoms with Crippen molar-refractivity contribution in [3.63, 3.8) is 0 Å². The SMILES string of the molecule is Cn1nccc1/C=C/c1nnc([C@H]2CCO[C@@H]2C(C)(C)C)o1. The molecule has 0 N–H and O–H groups in total. The van der Waals surface area contributed by atoms with Crippen molar-refractivity contribution in [2.24, 2.45) is 12.5 Å². The van der Waals surface area contributed by atoms with Crippen molar-refractivity contribution in [3.05, 3.63) is 29.7 Å². The summed E-state index contributed by atoms with van der Waals surface area (Å²) in [6, 6.07) is 1.92. The van der Waals surface area contributed by atoms with Crippen molar-refractivity contribution in [3.8, 4) is 0 Å². The molecule has 3 heterocycles.